The maximum absolute atomic E-state index is 12.7. The molecule has 146 valence electrons. The van der Waals surface area contributed by atoms with Crippen molar-refractivity contribution in [1.29, 1.82) is 0 Å². The third-order valence-corrected chi connectivity index (χ3v) is 5.22. The molecule has 28 heavy (non-hydrogen) atoms. The number of nitrogens with zero attached hydrogens (tertiary/aromatic N) is 2. The van der Waals surface area contributed by atoms with E-state index in [1.165, 1.54) is 5.56 Å². The Bertz CT molecular complexity index is 927. The number of H-pyrrole nitrogens is 1. The molecule has 1 amide bonds. The van der Waals surface area contributed by atoms with E-state index in [1.807, 2.05) is 35.4 Å². The second kappa shape index (κ2) is 9.58. The number of rotatable bonds is 5. The molecule has 0 radical (unpaired) electrons. The predicted molar refractivity (Wildman–Crippen MR) is 118 cm³/mol. The van der Waals surface area contributed by atoms with E-state index in [4.69, 9.17) is 0 Å². The normalized spacial score (nSPS) is 15.1. The number of halogens is 1. The first-order valence-corrected chi connectivity index (χ1v) is 9.56. The van der Waals surface area contributed by atoms with E-state index < -0.39 is 0 Å². The molecule has 1 aliphatic rings. The molecule has 1 N–H and O–H groups in total. The van der Waals surface area contributed by atoms with Crippen LogP contribution in [0.5, 0.6) is 0 Å². The van der Waals surface area contributed by atoms with Crippen LogP contribution in [0.1, 0.15) is 11.1 Å². The Morgan fingerprint density at radius 1 is 0.964 bits per heavy atom. The zero-order valence-corrected chi connectivity index (χ0v) is 16.7. The van der Waals surface area contributed by atoms with Gasteiger partial charge in [-0.2, -0.15) is 0 Å². The van der Waals surface area contributed by atoms with Crippen LogP contribution in [0.25, 0.3) is 17.0 Å². The van der Waals surface area contributed by atoms with Gasteiger partial charge in [0.05, 0.1) is 6.42 Å². The lowest BCUT2D eigenvalue weighted by Gasteiger charge is -2.34. The van der Waals surface area contributed by atoms with Crippen LogP contribution < -0.4 is 0 Å². The second-order valence-corrected chi connectivity index (χ2v) is 7.03. The lowest BCUT2D eigenvalue weighted by atomic mass is 10.1. The van der Waals surface area contributed by atoms with Gasteiger partial charge in [-0.1, -0.05) is 60.7 Å². The number of hydrogen-bond acceptors (Lipinski definition) is 2. The Morgan fingerprint density at radius 3 is 2.46 bits per heavy atom. The van der Waals surface area contributed by atoms with Crippen molar-refractivity contribution in [2.24, 2.45) is 0 Å². The monoisotopic (exact) mass is 395 g/mol. The largest absolute Gasteiger partial charge is 0.361 e. The smallest absolute Gasteiger partial charge is 0.227 e. The zero-order valence-electron chi connectivity index (χ0n) is 15.9. The van der Waals surface area contributed by atoms with Gasteiger partial charge < -0.3 is 9.88 Å². The number of aromatic amines is 1. The van der Waals surface area contributed by atoms with E-state index in [0.29, 0.717) is 6.42 Å². The fourth-order valence-corrected chi connectivity index (χ4v) is 3.63. The number of para-hydroxylation sites is 1. The van der Waals surface area contributed by atoms with Crippen LogP contribution in [0.3, 0.4) is 0 Å². The molecule has 5 heteroatoms. The van der Waals surface area contributed by atoms with Gasteiger partial charge in [-0.05, 0) is 17.2 Å². The molecule has 4 rings (SSSR count). The van der Waals surface area contributed by atoms with E-state index in [1.54, 1.807) is 0 Å². The van der Waals surface area contributed by atoms with Gasteiger partial charge in [0.25, 0.3) is 0 Å². The molecule has 0 spiro atoms. The molecule has 1 fully saturated rings. The molecular formula is C23H26ClN3O. The quantitative estimate of drug-likeness (QED) is 0.709. The molecule has 0 aliphatic carbocycles. The topological polar surface area (TPSA) is 39.3 Å². The highest BCUT2D eigenvalue weighted by atomic mass is 35.5. The minimum absolute atomic E-state index is 0. The summed E-state index contributed by atoms with van der Waals surface area (Å²) in [7, 11) is 0. The third-order valence-electron chi connectivity index (χ3n) is 5.22. The van der Waals surface area contributed by atoms with Crippen molar-refractivity contribution in [2.45, 2.75) is 6.42 Å². The minimum Gasteiger partial charge on any atom is -0.361 e. The van der Waals surface area contributed by atoms with Crippen LogP contribution in [0.2, 0.25) is 0 Å². The van der Waals surface area contributed by atoms with Gasteiger partial charge in [-0.15, -0.1) is 12.4 Å². The minimum atomic E-state index is 0. The molecule has 4 nitrogen and oxygen atoms in total. The maximum Gasteiger partial charge on any atom is 0.227 e. The molecule has 1 aliphatic heterocycles. The van der Waals surface area contributed by atoms with Crippen molar-refractivity contribution >= 4 is 35.3 Å². The first-order valence-electron chi connectivity index (χ1n) is 9.56. The van der Waals surface area contributed by atoms with Gasteiger partial charge in [-0.25, -0.2) is 0 Å². The average molecular weight is 396 g/mol. The summed E-state index contributed by atoms with van der Waals surface area (Å²) in [5, 5.41) is 1.15. The molecule has 0 saturated carbocycles. The number of amides is 1. The number of carbonyl (C=O) groups is 1. The highest BCUT2D eigenvalue weighted by Crippen LogP contribution is 2.19. The zero-order chi connectivity index (χ0) is 18.5. The number of benzene rings is 2. The third kappa shape index (κ3) is 4.83. The summed E-state index contributed by atoms with van der Waals surface area (Å²) in [5.74, 6) is 0.222. The average Bonchev–Trinajstić information content (AvgIpc) is 3.12. The van der Waals surface area contributed by atoms with Crippen LogP contribution in [-0.4, -0.2) is 53.4 Å². The van der Waals surface area contributed by atoms with E-state index in [9.17, 15) is 4.79 Å². The molecule has 2 aromatic carbocycles. The van der Waals surface area contributed by atoms with E-state index in [0.717, 1.165) is 49.2 Å². The van der Waals surface area contributed by atoms with Crippen LogP contribution in [0.15, 0.2) is 66.9 Å². The van der Waals surface area contributed by atoms with Gasteiger partial charge >= 0.3 is 0 Å². The first kappa shape index (κ1) is 20.2. The summed E-state index contributed by atoms with van der Waals surface area (Å²) < 4.78 is 0. The van der Waals surface area contributed by atoms with Gasteiger partial charge in [-0.3, -0.25) is 9.69 Å². The fraction of sp³-hybridized carbons (Fsp3) is 0.261. The highest BCUT2D eigenvalue weighted by molar-refractivity contribution is 5.88. The van der Waals surface area contributed by atoms with Crippen LogP contribution in [-0.2, 0) is 11.2 Å². The number of aromatic nitrogens is 1. The summed E-state index contributed by atoms with van der Waals surface area (Å²) in [5.41, 5.74) is 3.41. The molecule has 0 bridgehead atoms. The fourth-order valence-electron chi connectivity index (χ4n) is 3.63. The van der Waals surface area contributed by atoms with Crippen molar-refractivity contribution in [2.75, 3.05) is 32.7 Å². The van der Waals surface area contributed by atoms with E-state index in [-0.39, 0.29) is 18.3 Å². The summed E-state index contributed by atoms with van der Waals surface area (Å²) in [6, 6.07) is 18.5. The van der Waals surface area contributed by atoms with Crippen molar-refractivity contribution < 1.29 is 4.79 Å². The number of fused-ring (bicyclic) bond motifs is 1. The highest BCUT2D eigenvalue weighted by Gasteiger charge is 2.21. The van der Waals surface area contributed by atoms with Gasteiger partial charge in [0, 0.05) is 49.8 Å². The Labute approximate surface area is 172 Å². The van der Waals surface area contributed by atoms with Crippen LogP contribution in [0.4, 0.5) is 0 Å². The molecule has 3 aromatic rings. The van der Waals surface area contributed by atoms with Crippen molar-refractivity contribution in [3.8, 4) is 0 Å². The number of piperazine rings is 1. The Kier molecular flexibility index (Phi) is 6.90. The van der Waals surface area contributed by atoms with Crippen molar-refractivity contribution in [3.63, 3.8) is 0 Å². The van der Waals surface area contributed by atoms with Crippen LogP contribution >= 0.6 is 12.4 Å². The Morgan fingerprint density at radius 2 is 1.68 bits per heavy atom. The first-order chi connectivity index (χ1) is 13.3. The molecule has 0 unspecified atom stereocenters. The van der Waals surface area contributed by atoms with Crippen molar-refractivity contribution in [1.82, 2.24) is 14.8 Å². The van der Waals surface area contributed by atoms with E-state index >= 15 is 0 Å². The predicted octanol–water partition coefficient (Wildman–Crippen LogP) is 3.99. The van der Waals surface area contributed by atoms with Gasteiger partial charge in [0.1, 0.15) is 0 Å². The summed E-state index contributed by atoms with van der Waals surface area (Å²) in [6.07, 6.45) is 6.80. The summed E-state index contributed by atoms with van der Waals surface area (Å²) in [6.45, 7) is 4.40. The van der Waals surface area contributed by atoms with Gasteiger partial charge in [0.2, 0.25) is 5.91 Å². The maximum atomic E-state index is 12.7. The molecule has 1 aromatic heterocycles. The lowest BCUT2D eigenvalue weighted by Crippen LogP contribution is -2.49. The van der Waals surface area contributed by atoms with Crippen molar-refractivity contribution in [3.05, 3.63) is 78.0 Å². The number of hydrogen-bond donors (Lipinski definition) is 1. The molecular weight excluding hydrogens is 370 g/mol. The van der Waals surface area contributed by atoms with Crippen LogP contribution in [0, 0.1) is 0 Å². The summed E-state index contributed by atoms with van der Waals surface area (Å²) in [4.78, 5) is 20.3. The number of carbonyl (C=O) groups excluding carboxylic acids is 1. The SMILES string of the molecule is Cl.O=C(Cc1c[nH]c2ccccc12)N1CCN(C/C=C/c2ccccc2)CC1. The summed E-state index contributed by atoms with van der Waals surface area (Å²) >= 11 is 0. The molecule has 0 atom stereocenters. The molecule has 2 heterocycles. The van der Waals surface area contributed by atoms with E-state index in [2.05, 4.69) is 52.4 Å². The lowest BCUT2D eigenvalue weighted by molar-refractivity contribution is -0.132. The van der Waals surface area contributed by atoms with Gasteiger partial charge in [0.15, 0.2) is 0 Å². The Hall–Kier alpha value is -2.56. The molecule has 1 saturated heterocycles. The standard InChI is InChI=1S/C23H25N3O.ClH/c27-23(17-20-18-24-22-11-5-4-10-21(20)22)26-15-13-25(14-16-26)12-6-9-19-7-2-1-3-8-19;/h1-11,18,24H,12-17H2;1H/b9-6+;. The Balaban J connectivity index is 0.00000225. The second-order valence-electron chi connectivity index (χ2n) is 7.03. The number of nitrogens with one attached hydrogen (secondary N) is 1.